The summed E-state index contributed by atoms with van der Waals surface area (Å²) in [6.45, 7) is 8.28. The second-order valence-electron chi connectivity index (χ2n) is 7.92. The molecule has 3 aromatic rings. The maximum absolute atomic E-state index is 6.28. The summed E-state index contributed by atoms with van der Waals surface area (Å²) in [6.07, 6.45) is 7.31. The van der Waals surface area contributed by atoms with E-state index in [0.29, 0.717) is 0 Å². The van der Waals surface area contributed by atoms with Crippen LogP contribution < -0.4 is 5.46 Å². The van der Waals surface area contributed by atoms with E-state index >= 15 is 0 Å². The van der Waals surface area contributed by atoms with Gasteiger partial charge in [0.1, 0.15) is 0 Å². The summed E-state index contributed by atoms with van der Waals surface area (Å²) in [5.41, 5.74) is 4.51. The van der Waals surface area contributed by atoms with Gasteiger partial charge in [-0.3, -0.25) is 9.97 Å². The summed E-state index contributed by atoms with van der Waals surface area (Å²) in [5.74, 6) is 0. The SMILES string of the molecule is CC1(C)OB(c2cc(-c3cccnc3)cc(-c3cccnc3)c2)OC1(C)C. The number of nitrogens with zero attached hydrogens (tertiary/aromatic N) is 2. The molecule has 5 heteroatoms. The number of hydrogen-bond acceptors (Lipinski definition) is 4. The molecule has 0 bridgehead atoms. The van der Waals surface area contributed by atoms with Crippen LogP contribution in [-0.2, 0) is 9.31 Å². The van der Waals surface area contributed by atoms with Crippen molar-refractivity contribution >= 4 is 12.6 Å². The minimum Gasteiger partial charge on any atom is -0.399 e. The first-order valence-electron chi connectivity index (χ1n) is 9.17. The summed E-state index contributed by atoms with van der Waals surface area (Å²) in [6, 6.07) is 14.4. The number of pyridine rings is 2. The summed E-state index contributed by atoms with van der Waals surface area (Å²) >= 11 is 0. The van der Waals surface area contributed by atoms with Gasteiger partial charge in [-0.2, -0.15) is 0 Å². The maximum atomic E-state index is 6.28. The monoisotopic (exact) mass is 358 g/mol. The Morgan fingerprint density at radius 2 is 1.19 bits per heavy atom. The second kappa shape index (κ2) is 6.59. The smallest absolute Gasteiger partial charge is 0.399 e. The summed E-state index contributed by atoms with van der Waals surface area (Å²) in [7, 11) is -0.415. The largest absolute Gasteiger partial charge is 0.494 e. The molecule has 0 amide bonds. The number of benzene rings is 1. The topological polar surface area (TPSA) is 44.2 Å². The molecule has 136 valence electrons. The van der Waals surface area contributed by atoms with Gasteiger partial charge < -0.3 is 9.31 Å². The van der Waals surface area contributed by atoms with E-state index in [4.69, 9.17) is 9.31 Å². The van der Waals surface area contributed by atoms with E-state index in [0.717, 1.165) is 27.7 Å². The van der Waals surface area contributed by atoms with Crippen LogP contribution in [0.3, 0.4) is 0 Å². The first-order chi connectivity index (χ1) is 12.9. The highest BCUT2D eigenvalue weighted by Crippen LogP contribution is 2.37. The Balaban J connectivity index is 1.82. The standard InChI is InChI=1S/C22H23BN2O2/c1-21(2)22(3,4)27-23(26-21)20-12-18(16-7-5-9-24-14-16)11-19(13-20)17-8-6-10-25-15-17/h5-15H,1-4H3. The van der Waals surface area contributed by atoms with E-state index in [2.05, 4.69) is 68.0 Å². The Morgan fingerprint density at radius 1 is 0.704 bits per heavy atom. The van der Waals surface area contributed by atoms with E-state index in [1.807, 2.05) is 24.5 Å². The molecule has 3 heterocycles. The fourth-order valence-electron chi connectivity index (χ4n) is 3.17. The van der Waals surface area contributed by atoms with E-state index < -0.39 is 7.12 Å². The average molecular weight is 358 g/mol. The van der Waals surface area contributed by atoms with Crippen LogP contribution in [0.2, 0.25) is 0 Å². The molecule has 0 unspecified atom stereocenters. The molecule has 27 heavy (non-hydrogen) atoms. The highest BCUT2D eigenvalue weighted by atomic mass is 16.7. The second-order valence-corrected chi connectivity index (χ2v) is 7.92. The van der Waals surface area contributed by atoms with Gasteiger partial charge >= 0.3 is 7.12 Å². The summed E-state index contributed by atoms with van der Waals surface area (Å²) in [4.78, 5) is 8.52. The lowest BCUT2D eigenvalue weighted by atomic mass is 9.76. The van der Waals surface area contributed by atoms with Crippen LogP contribution in [0.1, 0.15) is 27.7 Å². The Hall–Kier alpha value is -2.50. The van der Waals surface area contributed by atoms with Crippen LogP contribution in [0.25, 0.3) is 22.3 Å². The molecule has 4 rings (SSSR count). The van der Waals surface area contributed by atoms with Gasteiger partial charge in [0.15, 0.2) is 0 Å². The van der Waals surface area contributed by atoms with Crippen LogP contribution in [-0.4, -0.2) is 28.3 Å². The van der Waals surface area contributed by atoms with E-state index in [9.17, 15) is 0 Å². The van der Waals surface area contributed by atoms with Crippen molar-refractivity contribution in [2.75, 3.05) is 0 Å². The fraction of sp³-hybridized carbons (Fsp3) is 0.273. The minimum atomic E-state index is -0.415. The van der Waals surface area contributed by atoms with Crippen molar-refractivity contribution < 1.29 is 9.31 Å². The molecule has 1 aliphatic heterocycles. The van der Waals surface area contributed by atoms with E-state index in [1.165, 1.54) is 0 Å². The van der Waals surface area contributed by atoms with Crippen LogP contribution in [0.5, 0.6) is 0 Å². The molecule has 0 radical (unpaired) electrons. The number of rotatable bonds is 3. The zero-order valence-electron chi connectivity index (χ0n) is 16.1. The van der Waals surface area contributed by atoms with Gasteiger partial charge in [-0.1, -0.05) is 24.3 Å². The average Bonchev–Trinajstić information content (AvgIpc) is 2.90. The Labute approximate surface area is 160 Å². The zero-order valence-corrected chi connectivity index (χ0v) is 16.1. The Bertz CT molecular complexity index is 869. The lowest BCUT2D eigenvalue weighted by Gasteiger charge is -2.32. The van der Waals surface area contributed by atoms with Gasteiger partial charge in [-0.05, 0) is 73.6 Å². The normalized spacial score (nSPS) is 17.9. The van der Waals surface area contributed by atoms with E-state index in [-0.39, 0.29) is 11.2 Å². The molecule has 0 aliphatic carbocycles. The maximum Gasteiger partial charge on any atom is 0.494 e. The van der Waals surface area contributed by atoms with Gasteiger partial charge in [0.2, 0.25) is 0 Å². The molecular formula is C22H23BN2O2. The predicted molar refractivity (Wildman–Crippen MR) is 109 cm³/mol. The molecule has 4 nitrogen and oxygen atoms in total. The van der Waals surface area contributed by atoms with Gasteiger partial charge in [0.05, 0.1) is 11.2 Å². The zero-order chi connectivity index (χ0) is 19.1. The first-order valence-corrected chi connectivity index (χ1v) is 9.17. The number of hydrogen-bond donors (Lipinski definition) is 0. The molecular weight excluding hydrogens is 335 g/mol. The lowest BCUT2D eigenvalue weighted by molar-refractivity contribution is 0.00578. The molecule has 0 saturated carbocycles. The Morgan fingerprint density at radius 3 is 1.59 bits per heavy atom. The fourth-order valence-corrected chi connectivity index (χ4v) is 3.17. The van der Waals surface area contributed by atoms with Crippen molar-refractivity contribution in [1.82, 2.24) is 9.97 Å². The summed E-state index contributed by atoms with van der Waals surface area (Å²) < 4.78 is 12.6. The van der Waals surface area contributed by atoms with Gasteiger partial charge in [0, 0.05) is 24.8 Å². The third-order valence-electron chi connectivity index (χ3n) is 5.47. The highest BCUT2D eigenvalue weighted by molar-refractivity contribution is 6.62. The number of aromatic nitrogens is 2. The van der Waals surface area contributed by atoms with Crippen molar-refractivity contribution in [3.8, 4) is 22.3 Å². The molecule has 0 N–H and O–H groups in total. The molecule has 1 fully saturated rings. The van der Waals surface area contributed by atoms with Gasteiger partial charge in [0.25, 0.3) is 0 Å². The third kappa shape index (κ3) is 3.40. The minimum absolute atomic E-state index is 0.379. The van der Waals surface area contributed by atoms with Crippen LogP contribution in [0.15, 0.2) is 67.3 Å². The van der Waals surface area contributed by atoms with Crippen LogP contribution in [0, 0.1) is 0 Å². The highest BCUT2D eigenvalue weighted by Gasteiger charge is 2.51. The van der Waals surface area contributed by atoms with Gasteiger partial charge in [-0.15, -0.1) is 0 Å². The third-order valence-corrected chi connectivity index (χ3v) is 5.47. The molecule has 1 aliphatic rings. The van der Waals surface area contributed by atoms with Crippen molar-refractivity contribution in [3.05, 3.63) is 67.3 Å². The van der Waals surface area contributed by atoms with Crippen molar-refractivity contribution in [2.24, 2.45) is 0 Å². The first kappa shape index (κ1) is 17.9. The van der Waals surface area contributed by atoms with E-state index in [1.54, 1.807) is 12.4 Å². The Kier molecular flexibility index (Phi) is 4.37. The van der Waals surface area contributed by atoms with Gasteiger partial charge in [-0.25, -0.2) is 0 Å². The molecule has 1 saturated heterocycles. The van der Waals surface area contributed by atoms with Crippen LogP contribution in [0.4, 0.5) is 0 Å². The molecule has 1 aromatic carbocycles. The predicted octanol–water partition coefficient (Wildman–Crippen LogP) is 4.11. The lowest BCUT2D eigenvalue weighted by Crippen LogP contribution is -2.41. The van der Waals surface area contributed by atoms with Crippen molar-refractivity contribution in [1.29, 1.82) is 0 Å². The van der Waals surface area contributed by atoms with Crippen molar-refractivity contribution in [2.45, 2.75) is 38.9 Å². The molecule has 0 atom stereocenters. The molecule has 2 aromatic heterocycles. The van der Waals surface area contributed by atoms with Crippen molar-refractivity contribution in [3.63, 3.8) is 0 Å². The van der Waals surface area contributed by atoms with Crippen LogP contribution >= 0.6 is 0 Å². The summed E-state index contributed by atoms with van der Waals surface area (Å²) in [5, 5.41) is 0. The quantitative estimate of drug-likeness (QED) is 0.661. The molecule has 0 spiro atoms.